The number of ether oxygens (including phenoxy) is 1. The Kier molecular flexibility index (Phi) is 7.25. The van der Waals surface area contributed by atoms with E-state index in [0.717, 1.165) is 33.3 Å². The first-order chi connectivity index (χ1) is 14.4. The number of anilines is 1. The quantitative estimate of drug-likeness (QED) is 0.492. The number of likely N-dealkylation sites (N-methyl/N-ethyl adjacent to an activating group) is 1. The molecule has 0 unspecified atom stereocenters. The second-order valence-electron chi connectivity index (χ2n) is 7.31. The van der Waals surface area contributed by atoms with E-state index >= 15 is 0 Å². The van der Waals surface area contributed by atoms with Crippen LogP contribution in [0.1, 0.15) is 21.8 Å². The second-order valence-corrected chi connectivity index (χ2v) is 8.37. The van der Waals surface area contributed by atoms with Gasteiger partial charge in [-0.25, -0.2) is 4.98 Å². The van der Waals surface area contributed by atoms with Crippen LogP contribution in [0.15, 0.2) is 60.0 Å². The molecule has 3 aromatic rings. The van der Waals surface area contributed by atoms with Gasteiger partial charge in [-0.05, 0) is 48.4 Å². The highest BCUT2D eigenvalue weighted by atomic mass is 32.1. The van der Waals surface area contributed by atoms with Crippen molar-refractivity contribution in [2.24, 2.45) is 0 Å². The zero-order valence-corrected chi connectivity index (χ0v) is 18.6. The van der Waals surface area contributed by atoms with Crippen LogP contribution in [0.2, 0.25) is 0 Å². The van der Waals surface area contributed by atoms with Gasteiger partial charge in [0, 0.05) is 44.8 Å². The normalized spacial score (nSPS) is 10.9. The van der Waals surface area contributed by atoms with E-state index in [4.69, 9.17) is 4.74 Å². The van der Waals surface area contributed by atoms with Crippen molar-refractivity contribution < 1.29 is 9.53 Å². The molecule has 1 aromatic heterocycles. The summed E-state index contributed by atoms with van der Waals surface area (Å²) in [6.45, 7) is 2.98. The smallest absolute Gasteiger partial charge is 0.246 e. The summed E-state index contributed by atoms with van der Waals surface area (Å²) in [5, 5.41) is 3.03. The van der Waals surface area contributed by atoms with E-state index in [-0.39, 0.29) is 5.91 Å². The molecule has 30 heavy (non-hydrogen) atoms. The van der Waals surface area contributed by atoms with E-state index in [1.54, 1.807) is 22.3 Å². The Bertz CT molecular complexity index is 1010. The number of nitrogens with zero attached hydrogens (tertiary/aromatic N) is 3. The Hall–Kier alpha value is -3.12. The molecular weight excluding hydrogens is 394 g/mol. The third kappa shape index (κ3) is 6.19. The van der Waals surface area contributed by atoms with Gasteiger partial charge in [0.05, 0.1) is 10.7 Å². The molecule has 1 amide bonds. The highest BCUT2D eigenvalue weighted by Crippen LogP contribution is 2.18. The molecule has 6 heteroatoms. The number of benzene rings is 2. The zero-order chi connectivity index (χ0) is 21.5. The van der Waals surface area contributed by atoms with Gasteiger partial charge in [0.2, 0.25) is 5.91 Å². The lowest BCUT2D eigenvalue weighted by atomic mass is 10.1. The summed E-state index contributed by atoms with van der Waals surface area (Å²) in [7, 11) is 5.83. The van der Waals surface area contributed by atoms with Crippen molar-refractivity contribution in [2.75, 3.05) is 26.0 Å². The van der Waals surface area contributed by atoms with Gasteiger partial charge >= 0.3 is 0 Å². The lowest BCUT2D eigenvalue weighted by Gasteiger charge is -2.17. The molecule has 0 spiro atoms. The van der Waals surface area contributed by atoms with Gasteiger partial charge in [0.25, 0.3) is 0 Å². The molecule has 2 aromatic carbocycles. The summed E-state index contributed by atoms with van der Waals surface area (Å²) >= 11 is 1.61. The Labute approximate surface area is 182 Å². The second kappa shape index (κ2) is 10.1. The van der Waals surface area contributed by atoms with E-state index in [2.05, 4.69) is 22.0 Å². The summed E-state index contributed by atoms with van der Waals surface area (Å²) in [6, 6.07) is 15.9. The lowest BCUT2D eigenvalue weighted by molar-refractivity contribution is -0.125. The molecule has 0 bridgehead atoms. The van der Waals surface area contributed by atoms with Crippen LogP contribution >= 0.6 is 11.3 Å². The fraction of sp³-hybridized carbons (Fsp3) is 0.250. The molecule has 0 fully saturated rings. The van der Waals surface area contributed by atoms with Crippen molar-refractivity contribution in [2.45, 2.75) is 20.1 Å². The SMILES string of the molecule is Cc1nc(COc2cccc(/C=C/C(=O)N(C)Cc3ccc(N(C)C)cc3)c2)cs1. The number of hydrogen-bond acceptors (Lipinski definition) is 5. The van der Waals surface area contributed by atoms with Gasteiger partial charge < -0.3 is 14.5 Å². The van der Waals surface area contributed by atoms with Crippen LogP contribution < -0.4 is 9.64 Å². The first-order valence-electron chi connectivity index (χ1n) is 9.74. The molecule has 0 aliphatic rings. The first kappa shape index (κ1) is 21.6. The summed E-state index contributed by atoms with van der Waals surface area (Å²) in [5.41, 5.74) is 4.07. The fourth-order valence-electron chi connectivity index (χ4n) is 2.89. The maximum Gasteiger partial charge on any atom is 0.246 e. The number of carbonyl (C=O) groups excluding carboxylic acids is 1. The Morgan fingerprint density at radius 3 is 2.57 bits per heavy atom. The third-order valence-corrected chi connectivity index (χ3v) is 5.40. The van der Waals surface area contributed by atoms with Crippen LogP contribution in [-0.2, 0) is 17.9 Å². The molecule has 0 N–H and O–H groups in total. The number of rotatable bonds is 8. The lowest BCUT2D eigenvalue weighted by Crippen LogP contribution is -2.24. The minimum Gasteiger partial charge on any atom is -0.487 e. The van der Waals surface area contributed by atoms with Crippen molar-refractivity contribution in [3.8, 4) is 5.75 Å². The highest BCUT2D eigenvalue weighted by molar-refractivity contribution is 7.09. The van der Waals surface area contributed by atoms with Crippen molar-refractivity contribution in [1.29, 1.82) is 0 Å². The molecule has 0 saturated heterocycles. The number of aromatic nitrogens is 1. The molecule has 156 valence electrons. The molecule has 0 aliphatic carbocycles. The van der Waals surface area contributed by atoms with Gasteiger partial charge in [-0.3, -0.25) is 4.79 Å². The summed E-state index contributed by atoms with van der Waals surface area (Å²) in [5.74, 6) is 0.709. The number of aryl methyl sites for hydroxylation is 1. The molecule has 1 heterocycles. The third-order valence-electron chi connectivity index (χ3n) is 4.58. The molecule has 3 rings (SSSR count). The molecule has 0 radical (unpaired) electrons. The molecule has 5 nitrogen and oxygen atoms in total. The molecule has 0 saturated carbocycles. The largest absolute Gasteiger partial charge is 0.487 e. The minimum absolute atomic E-state index is 0.0454. The summed E-state index contributed by atoms with van der Waals surface area (Å²) in [4.78, 5) is 20.6. The van der Waals surface area contributed by atoms with Crippen LogP contribution in [0.25, 0.3) is 6.08 Å². The molecule has 0 aliphatic heterocycles. The van der Waals surface area contributed by atoms with Gasteiger partial charge in [-0.15, -0.1) is 11.3 Å². The maximum absolute atomic E-state index is 12.5. The Balaban J connectivity index is 1.55. The first-order valence-corrected chi connectivity index (χ1v) is 10.6. The van der Waals surface area contributed by atoms with Crippen molar-refractivity contribution in [1.82, 2.24) is 9.88 Å². The number of thiazole rings is 1. The van der Waals surface area contributed by atoms with Gasteiger partial charge in [0.1, 0.15) is 12.4 Å². The van der Waals surface area contributed by atoms with Crippen molar-refractivity contribution >= 4 is 29.0 Å². The number of amides is 1. The summed E-state index contributed by atoms with van der Waals surface area (Å²) < 4.78 is 5.82. The van der Waals surface area contributed by atoms with E-state index in [1.165, 1.54) is 0 Å². The van der Waals surface area contributed by atoms with Gasteiger partial charge in [-0.2, -0.15) is 0 Å². The Morgan fingerprint density at radius 1 is 1.13 bits per heavy atom. The average molecular weight is 422 g/mol. The number of hydrogen-bond donors (Lipinski definition) is 0. The predicted molar refractivity (Wildman–Crippen MR) is 124 cm³/mol. The fourth-order valence-corrected chi connectivity index (χ4v) is 3.48. The summed E-state index contributed by atoms with van der Waals surface area (Å²) in [6.07, 6.45) is 3.41. The van der Waals surface area contributed by atoms with Gasteiger partial charge in [0.15, 0.2) is 0 Å². The average Bonchev–Trinajstić information content (AvgIpc) is 3.16. The van der Waals surface area contributed by atoms with Crippen LogP contribution in [0.4, 0.5) is 5.69 Å². The minimum atomic E-state index is -0.0454. The predicted octanol–water partition coefficient (Wildman–Crippen LogP) is 4.77. The van der Waals surface area contributed by atoms with Crippen LogP contribution in [0.5, 0.6) is 5.75 Å². The van der Waals surface area contributed by atoms with Crippen LogP contribution in [0.3, 0.4) is 0 Å². The monoisotopic (exact) mass is 421 g/mol. The molecular formula is C24H27N3O2S. The van der Waals surface area contributed by atoms with Crippen molar-refractivity contribution in [3.05, 3.63) is 81.8 Å². The topological polar surface area (TPSA) is 45.7 Å². The molecule has 0 atom stereocenters. The van der Waals surface area contributed by atoms with E-state index in [1.807, 2.05) is 75.9 Å². The van der Waals surface area contributed by atoms with Crippen LogP contribution in [0, 0.1) is 6.92 Å². The van der Waals surface area contributed by atoms with E-state index in [9.17, 15) is 4.79 Å². The Morgan fingerprint density at radius 2 is 1.90 bits per heavy atom. The standard InChI is InChI=1S/C24H27N3O2S/c1-18-25-21(17-30-18)16-29-23-7-5-6-19(14-23)10-13-24(28)27(4)15-20-8-11-22(12-9-20)26(2)3/h5-14,17H,15-16H2,1-4H3/b13-10+. The number of carbonyl (C=O) groups is 1. The highest BCUT2D eigenvalue weighted by Gasteiger charge is 2.07. The zero-order valence-electron chi connectivity index (χ0n) is 17.8. The van der Waals surface area contributed by atoms with Crippen molar-refractivity contribution in [3.63, 3.8) is 0 Å². The van der Waals surface area contributed by atoms with E-state index in [0.29, 0.717) is 13.2 Å². The van der Waals surface area contributed by atoms with Gasteiger partial charge in [-0.1, -0.05) is 24.3 Å². The maximum atomic E-state index is 12.5. The van der Waals surface area contributed by atoms with E-state index < -0.39 is 0 Å². The van der Waals surface area contributed by atoms with Crippen LogP contribution in [-0.4, -0.2) is 36.9 Å².